The summed E-state index contributed by atoms with van der Waals surface area (Å²) < 4.78 is 1.50. The van der Waals surface area contributed by atoms with Crippen LogP contribution in [0, 0.1) is 5.41 Å². The van der Waals surface area contributed by atoms with Crippen LogP contribution in [0.1, 0.15) is 0 Å². The van der Waals surface area contributed by atoms with E-state index < -0.39 is 0 Å². The van der Waals surface area contributed by atoms with Gasteiger partial charge in [0.25, 0.3) is 0 Å². The number of nitrogens with one attached hydrogen (secondary N) is 1. The zero-order chi connectivity index (χ0) is 5.98. The first-order valence-corrected chi connectivity index (χ1v) is 2.71. The third-order valence-corrected chi connectivity index (χ3v) is 0.987. The average molecular weight is 175 g/mol. The summed E-state index contributed by atoms with van der Waals surface area (Å²) in [4.78, 5) is 0. The molecule has 0 aliphatic carbocycles. The highest BCUT2D eigenvalue weighted by molar-refractivity contribution is 9.18. The molecule has 0 aliphatic rings. The fourth-order valence-corrected chi connectivity index (χ4v) is 0.502. The lowest BCUT2D eigenvalue weighted by Gasteiger charge is -1.86. The molecule has 1 rings (SSSR count). The molecule has 0 saturated carbocycles. The molecule has 0 radical (unpaired) electrons. The predicted octanol–water partition coefficient (Wildman–Crippen LogP) is 0.456. The molecule has 5 heteroatoms. The highest BCUT2D eigenvalue weighted by Crippen LogP contribution is 1.86. The molecular formula is C3H3BrN4. The first kappa shape index (κ1) is 5.43. The van der Waals surface area contributed by atoms with Crippen LogP contribution in [0.3, 0.4) is 0 Å². The molecule has 0 unspecified atom stereocenters. The van der Waals surface area contributed by atoms with E-state index in [4.69, 9.17) is 5.41 Å². The lowest BCUT2D eigenvalue weighted by Crippen LogP contribution is -2.02. The summed E-state index contributed by atoms with van der Waals surface area (Å²) in [5.41, 5.74) is 0. The quantitative estimate of drug-likeness (QED) is 0.459. The zero-order valence-electron chi connectivity index (χ0n) is 3.87. The summed E-state index contributed by atoms with van der Waals surface area (Å²) in [6, 6.07) is 0. The Hall–Kier alpha value is -0.710. The molecule has 42 valence electrons. The van der Waals surface area contributed by atoms with Crippen molar-refractivity contribution in [3.63, 3.8) is 0 Å². The second-order valence-electron chi connectivity index (χ2n) is 1.14. The van der Waals surface area contributed by atoms with Crippen LogP contribution in [0.2, 0.25) is 0 Å². The molecule has 0 fully saturated rings. The Morgan fingerprint density at radius 1 is 1.75 bits per heavy atom. The van der Waals surface area contributed by atoms with Gasteiger partial charge in [0.05, 0.1) is 12.4 Å². The van der Waals surface area contributed by atoms with Gasteiger partial charge >= 0.3 is 0 Å². The third-order valence-electron chi connectivity index (χ3n) is 0.624. The Bertz CT molecular complexity index is 179. The molecule has 1 aromatic rings. The van der Waals surface area contributed by atoms with Crippen molar-refractivity contribution in [2.24, 2.45) is 0 Å². The standard InChI is InChI=1S/C3H3BrN4/c4-3(5)8-2-1-6-7-8/h1-2,5H. The number of aromatic nitrogens is 3. The van der Waals surface area contributed by atoms with Gasteiger partial charge in [-0.05, 0) is 15.9 Å². The van der Waals surface area contributed by atoms with Crippen molar-refractivity contribution in [3.05, 3.63) is 12.4 Å². The van der Waals surface area contributed by atoms with Gasteiger partial charge in [-0.2, -0.15) is 4.68 Å². The molecule has 0 atom stereocenters. The molecule has 0 saturated heterocycles. The van der Waals surface area contributed by atoms with Gasteiger partial charge in [-0.3, -0.25) is 5.41 Å². The maximum Gasteiger partial charge on any atom is 0.191 e. The van der Waals surface area contributed by atoms with E-state index in [0.717, 1.165) is 0 Å². The minimum absolute atomic E-state index is 0.190. The van der Waals surface area contributed by atoms with Crippen LogP contribution >= 0.6 is 15.9 Å². The van der Waals surface area contributed by atoms with E-state index >= 15 is 0 Å². The first-order chi connectivity index (χ1) is 3.80. The van der Waals surface area contributed by atoms with Crippen LogP contribution in [0.5, 0.6) is 0 Å². The van der Waals surface area contributed by atoms with E-state index in [2.05, 4.69) is 26.2 Å². The maximum atomic E-state index is 6.93. The second-order valence-corrected chi connectivity index (χ2v) is 1.89. The van der Waals surface area contributed by atoms with Crippen molar-refractivity contribution < 1.29 is 0 Å². The van der Waals surface area contributed by atoms with Crippen LogP contribution in [-0.4, -0.2) is 19.7 Å². The highest BCUT2D eigenvalue weighted by Gasteiger charge is 1.90. The van der Waals surface area contributed by atoms with E-state index in [9.17, 15) is 0 Å². The lowest BCUT2D eigenvalue weighted by atomic mass is 10.9. The molecule has 0 aromatic carbocycles. The van der Waals surface area contributed by atoms with Crippen molar-refractivity contribution in [2.75, 3.05) is 0 Å². The summed E-state index contributed by atoms with van der Waals surface area (Å²) in [7, 11) is 0. The largest absolute Gasteiger partial charge is 0.276 e. The Morgan fingerprint density at radius 2 is 2.50 bits per heavy atom. The Morgan fingerprint density at radius 3 is 2.75 bits per heavy atom. The van der Waals surface area contributed by atoms with Gasteiger partial charge in [-0.25, -0.2) is 0 Å². The molecule has 8 heavy (non-hydrogen) atoms. The monoisotopic (exact) mass is 174 g/mol. The lowest BCUT2D eigenvalue weighted by molar-refractivity contribution is 0.849. The molecule has 0 amide bonds. The fourth-order valence-electron chi connectivity index (χ4n) is 0.313. The van der Waals surface area contributed by atoms with Gasteiger partial charge in [0, 0.05) is 0 Å². The molecular weight excluding hydrogens is 172 g/mol. The molecule has 0 spiro atoms. The molecule has 1 heterocycles. The molecule has 4 nitrogen and oxygen atoms in total. The minimum Gasteiger partial charge on any atom is -0.276 e. The zero-order valence-corrected chi connectivity index (χ0v) is 5.46. The fraction of sp³-hybridized carbons (Fsp3) is 0. The predicted molar refractivity (Wildman–Crippen MR) is 32.1 cm³/mol. The summed E-state index contributed by atoms with van der Waals surface area (Å²) in [5, 5.41) is 13.9. The first-order valence-electron chi connectivity index (χ1n) is 1.91. The smallest absolute Gasteiger partial charge is 0.191 e. The normalized spacial score (nSPS) is 9.12. The van der Waals surface area contributed by atoms with Crippen LogP contribution in [0.25, 0.3) is 0 Å². The third kappa shape index (κ3) is 0.919. The van der Waals surface area contributed by atoms with E-state index in [1.54, 1.807) is 6.20 Å². The second kappa shape index (κ2) is 2.04. The SMILES string of the molecule is N=C(Br)n1ccnn1. The van der Waals surface area contributed by atoms with Gasteiger partial charge in [0.1, 0.15) is 0 Å². The van der Waals surface area contributed by atoms with Gasteiger partial charge < -0.3 is 0 Å². The van der Waals surface area contributed by atoms with Crippen LogP contribution in [-0.2, 0) is 0 Å². The number of hydrogen-bond donors (Lipinski definition) is 1. The van der Waals surface area contributed by atoms with Crippen LogP contribution < -0.4 is 0 Å². The van der Waals surface area contributed by atoms with E-state index in [0.29, 0.717) is 0 Å². The number of hydrogen-bond acceptors (Lipinski definition) is 3. The van der Waals surface area contributed by atoms with Crippen molar-refractivity contribution in [3.8, 4) is 0 Å². The average Bonchev–Trinajstić information content (AvgIpc) is 2.12. The van der Waals surface area contributed by atoms with E-state index in [1.165, 1.54) is 10.9 Å². The summed E-state index contributed by atoms with van der Waals surface area (Å²) in [5.74, 6) is 0. The molecule has 1 aromatic heterocycles. The Kier molecular flexibility index (Phi) is 1.38. The number of halogens is 1. The molecule has 0 bridgehead atoms. The summed E-state index contributed by atoms with van der Waals surface area (Å²) in [6.45, 7) is 0. The van der Waals surface area contributed by atoms with Crippen molar-refractivity contribution in [2.45, 2.75) is 0 Å². The van der Waals surface area contributed by atoms with Gasteiger partial charge in [0.15, 0.2) is 4.74 Å². The van der Waals surface area contributed by atoms with Crippen LogP contribution in [0.15, 0.2) is 12.4 Å². The Labute approximate surface area is 54.1 Å². The van der Waals surface area contributed by atoms with E-state index in [-0.39, 0.29) is 4.74 Å². The summed E-state index contributed by atoms with van der Waals surface area (Å²) >= 11 is 2.91. The van der Waals surface area contributed by atoms with E-state index in [1.807, 2.05) is 0 Å². The van der Waals surface area contributed by atoms with Crippen LogP contribution in [0.4, 0.5) is 0 Å². The molecule has 1 N–H and O–H groups in total. The topological polar surface area (TPSA) is 54.6 Å². The van der Waals surface area contributed by atoms with Gasteiger partial charge in [-0.15, -0.1) is 5.10 Å². The van der Waals surface area contributed by atoms with Crippen molar-refractivity contribution in [1.29, 1.82) is 5.41 Å². The van der Waals surface area contributed by atoms with Gasteiger partial charge in [0.2, 0.25) is 0 Å². The van der Waals surface area contributed by atoms with Crippen molar-refractivity contribution >= 4 is 20.7 Å². The minimum atomic E-state index is 0.190. The van der Waals surface area contributed by atoms with Crippen molar-refractivity contribution in [1.82, 2.24) is 15.0 Å². The highest BCUT2D eigenvalue weighted by atomic mass is 79.9. The molecule has 0 aliphatic heterocycles. The van der Waals surface area contributed by atoms with Gasteiger partial charge in [-0.1, -0.05) is 5.21 Å². The maximum absolute atomic E-state index is 6.93. The number of rotatable bonds is 0. The summed E-state index contributed by atoms with van der Waals surface area (Å²) in [6.07, 6.45) is 3.09. The number of nitrogens with zero attached hydrogens (tertiary/aromatic N) is 3. The Balaban J connectivity index is 2.93.